The third kappa shape index (κ3) is 8.12. The number of carbonyl (C=O) groups excluding carboxylic acids is 4. The van der Waals surface area contributed by atoms with Crippen LogP contribution in [0.3, 0.4) is 0 Å². The van der Waals surface area contributed by atoms with Crippen molar-refractivity contribution in [1.29, 1.82) is 0 Å². The summed E-state index contributed by atoms with van der Waals surface area (Å²) in [6.07, 6.45) is 4.80. The molecule has 2 aliphatic heterocycles. The summed E-state index contributed by atoms with van der Waals surface area (Å²) in [5, 5.41) is 0. The minimum Gasteiger partial charge on any atom is -0.457 e. The average molecular weight is 631 g/mol. The third-order valence-electron chi connectivity index (χ3n) is 9.98. The number of aromatic nitrogens is 2. The van der Waals surface area contributed by atoms with Crippen LogP contribution >= 0.6 is 0 Å². The summed E-state index contributed by atoms with van der Waals surface area (Å²) in [5.41, 5.74) is -1.73. The van der Waals surface area contributed by atoms with Crippen molar-refractivity contribution in [3.05, 3.63) is 30.4 Å². The van der Waals surface area contributed by atoms with Gasteiger partial charge in [0, 0.05) is 30.1 Å². The molecule has 45 heavy (non-hydrogen) atoms. The van der Waals surface area contributed by atoms with Crippen molar-refractivity contribution in [2.24, 2.45) is 35.0 Å². The average Bonchev–Trinajstić information content (AvgIpc) is 3.53. The maximum Gasteiger partial charge on any atom is 0.420 e. The van der Waals surface area contributed by atoms with Crippen LogP contribution in [0, 0.1) is 35.0 Å². The Morgan fingerprint density at radius 1 is 1.09 bits per heavy atom. The molecule has 10 heteroatoms. The van der Waals surface area contributed by atoms with E-state index in [0.717, 1.165) is 6.42 Å². The molecule has 0 saturated carbocycles. The number of hydrogen-bond acceptors (Lipinski definition) is 9. The zero-order valence-corrected chi connectivity index (χ0v) is 29.0. The van der Waals surface area contributed by atoms with Crippen molar-refractivity contribution < 1.29 is 38.1 Å². The van der Waals surface area contributed by atoms with E-state index < -0.39 is 59.3 Å². The fraction of sp³-hybridized carbons (Fsp3) is 0.743. The Kier molecular flexibility index (Phi) is 12.0. The molecule has 2 aliphatic rings. The van der Waals surface area contributed by atoms with E-state index in [2.05, 4.69) is 18.8 Å². The van der Waals surface area contributed by atoms with Gasteiger partial charge in [-0.2, -0.15) is 0 Å². The lowest BCUT2D eigenvalue weighted by Gasteiger charge is -2.45. The second-order valence-electron chi connectivity index (χ2n) is 14.1. The second-order valence-corrected chi connectivity index (χ2v) is 14.1. The van der Waals surface area contributed by atoms with Crippen molar-refractivity contribution in [1.82, 2.24) is 9.55 Å². The Bertz CT molecular complexity index is 1240. The maximum absolute atomic E-state index is 14.0. The molecule has 0 bridgehead atoms. The molecular weight excluding hydrogens is 576 g/mol. The molecule has 0 N–H and O–H groups in total. The molecule has 0 amide bonds. The van der Waals surface area contributed by atoms with Gasteiger partial charge in [-0.25, -0.2) is 14.3 Å². The smallest absolute Gasteiger partial charge is 0.420 e. The lowest BCUT2D eigenvalue weighted by Crippen LogP contribution is -2.51. The predicted molar refractivity (Wildman–Crippen MR) is 169 cm³/mol. The fourth-order valence-corrected chi connectivity index (χ4v) is 7.12. The molecule has 1 saturated heterocycles. The van der Waals surface area contributed by atoms with Crippen molar-refractivity contribution >= 4 is 23.6 Å². The van der Waals surface area contributed by atoms with Gasteiger partial charge >= 0.3 is 12.1 Å². The standard InChI is InChI=1S/C35H54N2O8/c1-12-27-35(13-2,45-33(41)37-15-14-36-19-37)18-22(5)28(38)21(4)17-34(10,11)30(25(8)29(39)26(9)31(40)43-27)44-32-24(7)20(3)16-23(6)42-32/h14-15,18-21,23-27,30,32H,12-13,16-17H2,1-11H3/b22-18+/t20-,21+,23+,24+,25-,26+,27+,30+,32-,35-/m0/s1. The van der Waals surface area contributed by atoms with Gasteiger partial charge in [0.2, 0.25) is 0 Å². The van der Waals surface area contributed by atoms with E-state index in [-0.39, 0.29) is 36.4 Å². The quantitative estimate of drug-likeness (QED) is 0.263. The normalized spacial score (nSPS) is 38.1. The van der Waals surface area contributed by atoms with Crippen LogP contribution in [0.1, 0.15) is 102 Å². The van der Waals surface area contributed by atoms with Gasteiger partial charge in [-0.1, -0.05) is 55.4 Å². The molecule has 1 aromatic rings. The second kappa shape index (κ2) is 14.7. The number of esters is 1. The van der Waals surface area contributed by atoms with Gasteiger partial charge in [-0.05, 0) is 69.4 Å². The predicted octanol–water partition coefficient (Wildman–Crippen LogP) is 6.55. The van der Waals surface area contributed by atoms with Gasteiger partial charge in [0.05, 0.1) is 12.2 Å². The Labute approximate surface area is 268 Å². The topological polar surface area (TPSA) is 123 Å². The third-order valence-corrected chi connectivity index (χ3v) is 9.98. The number of carbonyl (C=O) groups is 4. The summed E-state index contributed by atoms with van der Waals surface area (Å²) in [5.74, 6) is -2.98. The molecule has 3 heterocycles. The van der Waals surface area contributed by atoms with Crippen molar-refractivity contribution in [2.75, 3.05) is 0 Å². The molecule has 3 rings (SSSR count). The highest BCUT2D eigenvalue weighted by atomic mass is 16.7. The van der Waals surface area contributed by atoms with Gasteiger partial charge in [-0.15, -0.1) is 0 Å². The largest absolute Gasteiger partial charge is 0.457 e. The number of ketones is 2. The number of imidazole rings is 1. The molecule has 10 atom stereocenters. The molecule has 0 aliphatic carbocycles. The number of allylic oxidation sites excluding steroid dienone is 1. The monoisotopic (exact) mass is 630 g/mol. The Hall–Kier alpha value is -2.85. The Morgan fingerprint density at radius 3 is 2.33 bits per heavy atom. The molecule has 1 fully saturated rings. The highest BCUT2D eigenvalue weighted by Crippen LogP contribution is 2.42. The van der Waals surface area contributed by atoms with Crippen molar-refractivity contribution in [3.63, 3.8) is 0 Å². The minimum atomic E-state index is -1.47. The molecule has 0 radical (unpaired) electrons. The Balaban J connectivity index is 2.10. The first-order valence-corrected chi connectivity index (χ1v) is 16.5. The van der Waals surface area contributed by atoms with Crippen LogP contribution in [-0.2, 0) is 33.3 Å². The number of rotatable bonds is 5. The summed E-state index contributed by atoms with van der Waals surface area (Å²) in [6.45, 7) is 20.8. The number of ether oxygens (including phenoxy) is 4. The summed E-state index contributed by atoms with van der Waals surface area (Å²) in [6, 6.07) is 0. The SMILES string of the molecule is CC[C@H]1OC(=O)[C@H](C)C(=O)[C@H](C)[C@@H](O[C@@H]2O[C@H](C)C[C@H](C)[C@H]2C)C(C)(C)C[C@@H](C)C(=O)/C(C)=C/[C@]1(CC)OC(=O)n1ccnc1. The zero-order valence-electron chi connectivity index (χ0n) is 29.0. The van der Waals surface area contributed by atoms with Crippen LogP contribution in [0.4, 0.5) is 4.79 Å². The maximum atomic E-state index is 14.0. The van der Waals surface area contributed by atoms with Crippen molar-refractivity contribution in [3.8, 4) is 0 Å². The first kappa shape index (κ1) is 36.6. The van der Waals surface area contributed by atoms with Crippen LogP contribution in [0.15, 0.2) is 30.4 Å². The summed E-state index contributed by atoms with van der Waals surface area (Å²) in [7, 11) is 0. The number of Topliss-reactive ketones (excluding diaryl/α,β-unsaturated/α-hetero) is 2. The van der Waals surface area contributed by atoms with E-state index in [0.29, 0.717) is 17.9 Å². The van der Waals surface area contributed by atoms with Gasteiger partial charge in [-0.3, -0.25) is 14.4 Å². The molecule has 0 aromatic carbocycles. The first-order valence-electron chi connectivity index (χ1n) is 16.5. The number of nitrogens with zero attached hydrogens (tertiary/aromatic N) is 2. The van der Waals surface area contributed by atoms with E-state index in [9.17, 15) is 19.2 Å². The lowest BCUT2D eigenvalue weighted by atomic mass is 9.70. The van der Waals surface area contributed by atoms with Gasteiger partial charge in [0.25, 0.3) is 0 Å². The van der Waals surface area contributed by atoms with Gasteiger partial charge in [0.1, 0.15) is 18.3 Å². The highest BCUT2D eigenvalue weighted by Gasteiger charge is 2.48. The van der Waals surface area contributed by atoms with E-state index >= 15 is 0 Å². The van der Waals surface area contributed by atoms with E-state index in [1.807, 2.05) is 27.7 Å². The molecular formula is C35H54N2O8. The number of cyclic esters (lactones) is 1. The van der Waals surface area contributed by atoms with Crippen molar-refractivity contribution in [2.45, 2.75) is 132 Å². The summed E-state index contributed by atoms with van der Waals surface area (Å²) < 4.78 is 26.2. The molecule has 252 valence electrons. The van der Waals surface area contributed by atoms with Crippen LogP contribution in [0.5, 0.6) is 0 Å². The Morgan fingerprint density at radius 2 is 1.76 bits per heavy atom. The molecule has 10 nitrogen and oxygen atoms in total. The molecule has 0 unspecified atom stereocenters. The first-order chi connectivity index (χ1) is 21.0. The van der Waals surface area contributed by atoms with E-state index in [1.54, 1.807) is 40.7 Å². The number of hydrogen-bond donors (Lipinski definition) is 0. The van der Waals surface area contributed by atoms with Crippen LogP contribution in [-0.4, -0.2) is 63.4 Å². The van der Waals surface area contributed by atoms with Gasteiger partial charge < -0.3 is 18.9 Å². The lowest BCUT2D eigenvalue weighted by molar-refractivity contribution is -0.267. The molecule has 1 aromatic heterocycles. The highest BCUT2D eigenvalue weighted by molar-refractivity contribution is 6.00. The minimum absolute atomic E-state index is 0.00343. The fourth-order valence-electron chi connectivity index (χ4n) is 7.12. The zero-order chi connectivity index (χ0) is 33.9. The summed E-state index contributed by atoms with van der Waals surface area (Å²) in [4.78, 5) is 58.8. The van der Waals surface area contributed by atoms with Crippen LogP contribution < -0.4 is 0 Å². The van der Waals surface area contributed by atoms with Crippen LogP contribution in [0.2, 0.25) is 0 Å². The van der Waals surface area contributed by atoms with E-state index in [4.69, 9.17) is 18.9 Å². The molecule has 0 spiro atoms. The van der Waals surface area contributed by atoms with Crippen LogP contribution in [0.25, 0.3) is 0 Å². The summed E-state index contributed by atoms with van der Waals surface area (Å²) >= 11 is 0. The van der Waals surface area contributed by atoms with Gasteiger partial charge in [0.15, 0.2) is 23.5 Å². The van der Waals surface area contributed by atoms with E-state index in [1.165, 1.54) is 23.3 Å².